The molecule has 0 saturated carbocycles. The van der Waals surface area contributed by atoms with Crippen LogP contribution in [0.2, 0.25) is 0 Å². The van der Waals surface area contributed by atoms with Crippen LogP contribution in [-0.4, -0.2) is 30.5 Å². The number of amides is 1. The van der Waals surface area contributed by atoms with Gasteiger partial charge in [-0.2, -0.15) is 0 Å². The molecule has 6 heteroatoms. The monoisotopic (exact) mass is 327 g/mol. The van der Waals surface area contributed by atoms with Crippen LogP contribution in [-0.2, 0) is 0 Å². The van der Waals surface area contributed by atoms with E-state index in [1.165, 1.54) is 6.20 Å². The highest BCUT2D eigenvalue weighted by atomic mass is 79.9. The molecule has 104 valence electrons. The second-order valence-electron chi connectivity index (χ2n) is 5.31. The molecule has 1 amide bonds. The molecular weight excluding hydrogens is 310 g/mol. The number of aromatic amines is 1. The van der Waals surface area contributed by atoms with Crippen LogP contribution >= 0.6 is 15.9 Å². The van der Waals surface area contributed by atoms with Gasteiger partial charge in [0.25, 0.3) is 11.5 Å². The van der Waals surface area contributed by atoms with Gasteiger partial charge in [0.1, 0.15) is 0 Å². The van der Waals surface area contributed by atoms with Crippen molar-refractivity contribution < 1.29 is 4.79 Å². The van der Waals surface area contributed by atoms with Gasteiger partial charge in [-0.1, -0.05) is 6.92 Å². The fraction of sp³-hybridized carbons (Fsp3) is 0.538. The molecule has 2 rings (SSSR count). The predicted molar refractivity (Wildman–Crippen MR) is 77.3 cm³/mol. The van der Waals surface area contributed by atoms with Crippen LogP contribution in [0.5, 0.6) is 0 Å². The number of aromatic nitrogens is 1. The van der Waals surface area contributed by atoms with E-state index in [0.717, 1.165) is 25.9 Å². The van der Waals surface area contributed by atoms with Crippen molar-refractivity contribution >= 4 is 21.8 Å². The third-order valence-corrected chi connectivity index (χ3v) is 4.20. The Kier molecular flexibility index (Phi) is 4.42. The van der Waals surface area contributed by atoms with Gasteiger partial charge in [-0.25, -0.2) is 0 Å². The zero-order valence-electron chi connectivity index (χ0n) is 10.9. The molecule has 19 heavy (non-hydrogen) atoms. The largest absolute Gasteiger partial charge is 0.351 e. The van der Waals surface area contributed by atoms with Crippen molar-refractivity contribution in [2.24, 2.45) is 5.41 Å². The predicted octanol–water partition coefficient (Wildman–Crippen LogP) is 1.26. The highest BCUT2D eigenvalue weighted by Gasteiger charge is 2.27. The minimum absolute atomic E-state index is 0.153. The van der Waals surface area contributed by atoms with Crippen molar-refractivity contribution in [2.45, 2.75) is 19.8 Å². The molecule has 3 N–H and O–H groups in total. The maximum absolute atomic E-state index is 12.0. The minimum Gasteiger partial charge on any atom is -0.351 e. The third kappa shape index (κ3) is 3.67. The van der Waals surface area contributed by atoms with Crippen LogP contribution in [0.4, 0.5) is 0 Å². The zero-order chi connectivity index (χ0) is 13.9. The second-order valence-corrected chi connectivity index (χ2v) is 6.16. The molecule has 2 heterocycles. The average molecular weight is 328 g/mol. The Labute approximate surface area is 120 Å². The van der Waals surface area contributed by atoms with Gasteiger partial charge in [-0.15, -0.1) is 0 Å². The van der Waals surface area contributed by atoms with Gasteiger partial charge < -0.3 is 15.6 Å². The standard InChI is InChI=1S/C13H18BrN3O2/c1-13(2-4-15-5-3-13)8-17-11(18)9-6-10(14)12(19)16-7-9/h6-7,15H,2-5,8H2,1H3,(H,16,19)(H,17,18). The molecule has 1 aromatic heterocycles. The molecule has 0 radical (unpaired) electrons. The Morgan fingerprint density at radius 2 is 2.16 bits per heavy atom. The quantitative estimate of drug-likeness (QED) is 0.782. The summed E-state index contributed by atoms with van der Waals surface area (Å²) in [6.07, 6.45) is 3.55. The topological polar surface area (TPSA) is 74.0 Å². The lowest BCUT2D eigenvalue weighted by Gasteiger charge is -2.34. The number of carbonyl (C=O) groups is 1. The Hall–Kier alpha value is -1.14. The number of pyridine rings is 1. The van der Waals surface area contributed by atoms with Crippen LogP contribution in [0.25, 0.3) is 0 Å². The molecule has 0 aliphatic carbocycles. The molecule has 0 bridgehead atoms. The normalized spacial score (nSPS) is 18.0. The van der Waals surface area contributed by atoms with Gasteiger partial charge in [-0.05, 0) is 53.3 Å². The van der Waals surface area contributed by atoms with Crippen LogP contribution in [0.1, 0.15) is 30.1 Å². The lowest BCUT2D eigenvalue weighted by atomic mass is 9.81. The summed E-state index contributed by atoms with van der Waals surface area (Å²) in [5.74, 6) is -0.156. The summed E-state index contributed by atoms with van der Waals surface area (Å²) in [6.45, 7) is 4.84. The average Bonchev–Trinajstić information content (AvgIpc) is 2.40. The fourth-order valence-electron chi connectivity index (χ4n) is 2.19. The molecule has 0 spiro atoms. The maximum Gasteiger partial charge on any atom is 0.262 e. The van der Waals surface area contributed by atoms with Crippen molar-refractivity contribution in [3.05, 3.63) is 32.7 Å². The zero-order valence-corrected chi connectivity index (χ0v) is 12.5. The number of halogens is 1. The fourth-order valence-corrected chi connectivity index (χ4v) is 2.55. The van der Waals surface area contributed by atoms with E-state index in [9.17, 15) is 9.59 Å². The van der Waals surface area contributed by atoms with Crippen LogP contribution in [0.3, 0.4) is 0 Å². The molecule has 1 fully saturated rings. The highest BCUT2D eigenvalue weighted by molar-refractivity contribution is 9.10. The smallest absolute Gasteiger partial charge is 0.262 e. The number of hydrogen-bond donors (Lipinski definition) is 3. The first-order chi connectivity index (χ1) is 9.00. The van der Waals surface area contributed by atoms with Gasteiger partial charge in [0, 0.05) is 12.7 Å². The number of hydrogen-bond acceptors (Lipinski definition) is 3. The number of carbonyl (C=O) groups excluding carboxylic acids is 1. The van der Waals surface area contributed by atoms with Crippen LogP contribution in [0.15, 0.2) is 21.5 Å². The van der Waals surface area contributed by atoms with E-state index < -0.39 is 0 Å². The van der Waals surface area contributed by atoms with Crippen molar-refractivity contribution in [2.75, 3.05) is 19.6 Å². The molecule has 5 nitrogen and oxygen atoms in total. The Morgan fingerprint density at radius 1 is 1.47 bits per heavy atom. The summed E-state index contributed by atoms with van der Waals surface area (Å²) in [5, 5.41) is 6.26. The second kappa shape index (κ2) is 5.88. The summed E-state index contributed by atoms with van der Waals surface area (Å²) in [6, 6.07) is 1.54. The summed E-state index contributed by atoms with van der Waals surface area (Å²) in [4.78, 5) is 25.8. The number of rotatable bonds is 3. The van der Waals surface area contributed by atoms with E-state index in [0.29, 0.717) is 16.6 Å². The Morgan fingerprint density at radius 3 is 2.79 bits per heavy atom. The molecule has 1 saturated heterocycles. The van der Waals surface area contributed by atoms with Gasteiger partial charge >= 0.3 is 0 Å². The SMILES string of the molecule is CC1(CNC(=O)c2c[nH]c(=O)c(Br)c2)CCNCC1. The first-order valence-corrected chi connectivity index (χ1v) is 7.17. The van der Waals surface area contributed by atoms with Gasteiger partial charge in [0.15, 0.2) is 0 Å². The van der Waals surface area contributed by atoms with Crippen molar-refractivity contribution in [1.29, 1.82) is 0 Å². The number of H-pyrrole nitrogens is 1. The minimum atomic E-state index is -0.234. The Bertz CT molecular complexity index is 521. The summed E-state index contributed by atoms with van der Waals surface area (Å²) >= 11 is 3.12. The van der Waals surface area contributed by atoms with Crippen LogP contribution in [0, 0.1) is 5.41 Å². The molecular formula is C13H18BrN3O2. The molecule has 1 aliphatic heterocycles. The maximum atomic E-state index is 12.0. The summed E-state index contributed by atoms with van der Waals surface area (Å²) < 4.78 is 0.369. The lowest BCUT2D eigenvalue weighted by molar-refractivity contribution is 0.0922. The van der Waals surface area contributed by atoms with Crippen molar-refractivity contribution in [3.8, 4) is 0 Å². The van der Waals surface area contributed by atoms with E-state index in [2.05, 4.69) is 38.5 Å². The van der Waals surface area contributed by atoms with Crippen LogP contribution < -0.4 is 16.2 Å². The highest BCUT2D eigenvalue weighted by Crippen LogP contribution is 2.26. The van der Waals surface area contributed by atoms with Gasteiger partial charge in [-0.3, -0.25) is 9.59 Å². The van der Waals surface area contributed by atoms with E-state index in [1.54, 1.807) is 6.07 Å². The van der Waals surface area contributed by atoms with Gasteiger partial charge in [0.05, 0.1) is 10.0 Å². The summed E-state index contributed by atoms with van der Waals surface area (Å²) in [5.41, 5.74) is 0.381. The van der Waals surface area contributed by atoms with Gasteiger partial charge in [0.2, 0.25) is 0 Å². The first-order valence-electron chi connectivity index (χ1n) is 6.37. The summed E-state index contributed by atoms with van der Waals surface area (Å²) in [7, 11) is 0. The molecule has 0 atom stereocenters. The molecule has 1 aromatic rings. The molecule has 0 unspecified atom stereocenters. The van der Waals surface area contributed by atoms with E-state index >= 15 is 0 Å². The molecule has 1 aliphatic rings. The molecule has 0 aromatic carbocycles. The van der Waals surface area contributed by atoms with Crippen molar-refractivity contribution in [1.82, 2.24) is 15.6 Å². The first kappa shape index (κ1) is 14.3. The Balaban J connectivity index is 1.97. The third-order valence-electron chi connectivity index (χ3n) is 3.61. The van der Waals surface area contributed by atoms with E-state index in [4.69, 9.17) is 0 Å². The van der Waals surface area contributed by atoms with E-state index in [-0.39, 0.29) is 16.9 Å². The van der Waals surface area contributed by atoms with Crippen molar-refractivity contribution in [3.63, 3.8) is 0 Å². The van der Waals surface area contributed by atoms with E-state index in [1.807, 2.05) is 0 Å². The number of nitrogens with one attached hydrogen (secondary N) is 3. The lowest BCUT2D eigenvalue weighted by Crippen LogP contribution is -2.43. The number of piperidine rings is 1.